The standard InChI is InChI=1S/C21H22N2O2/c24-19-7-5-16(6-8-19)17-9-12-22(13-10-17)15-21(25)23-14-11-18-3-1-2-4-20(18)23/h1-9,24H,10-15H2. The molecule has 0 aromatic heterocycles. The van der Waals surface area contributed by atoms with Gasteiger partial charge >= 0.3 is 0 Å². The summed E-state index contributed by atoms with van der Waals surface area (Å²) in [5.74, 6) is 0.477. The van der Waals surface area contributed by atoms with Crippen LogP contribution in [0.2, 0.25) is 0 Å². The van der Waals surface area contributed by atoms with E-state index in [4.69, 9.17) is 0 Å². The van der Waals surface area contributed by atoms with Gasteiger partial charge in [0.2, 0.25) is 5.91 Å². The maximum Gasteiger partial charge on any atom is 0.241 e. The number of hydrogen-bond acceptors (Lipinski definition) is 3. The first kappa shape index (κ1) is 15.9. The molecule has 2 aliphatic heterocycles. The second-order valence-electron chi connectivity index (χ2n) is 6.69. The smallest absolute Gasteiger partial charge is 0.241 e. The number of phenols is 1. The van der Waals surface area contributed by atoms with E-state index in [1.165, 1.54) is 11.1 Å². The Bertz CT molecular complexity index is 811. The van der Waals surface area contributed by atoms with Gasteiger partial charge in [0.05, 0.1) is 6.54 Å². The fraction of sp³-hybridized carbons (Fsp3) is 0.286. The Balaban J connectivity index is 1.39. The number of carbonyl (C=O) groups excluding carboxylic acids is 1. The van der Waals surface area contributed by atoms with E-state index in [9.17, 15) is 9.90 Å². The molecule has 0 fully saturated rings. The number of phenolic OH excluding ortho intramolecular Hbond substituents is 1. The average Bonchev–Trinajstić information content (AvgIpc) is 3.07. The zero-order chi connectivity index (χ0) is 17.2. The zero-order valence-corrected chi connectivity index (χ0v) is 14.2. The van der Waals surface area contributed by atoms with Crippen LogP contribution in [-0.2, 0) is 11.2 Å². The van der Waals surface area contributed by atoms with Crippen molar-refractivity contribution in [3.8, 4) is 5.75 Å². The van der Waals surface area contributed by atoms with Crippen molar-refractivity contribution in [2.75, 3.05) is 31.1 Å². The molecule has 2 aromatic carbocycles. The van der Waals surface area contributed by atoms with Crippen molar-refractivity contribution >= 4 is 17.2 Å². The third-order valence-electron chi connectivity index (χ3n) is 5.08. The first-order chi connectivity index (χ1) is 12.2. The maximum atomic E-state index is 12.7. The second-order valence-corrected chi connectivity index (χ2v) is 6.69. The van der Waals surface area contributed by atoms with Crippen LogP contribution < -0.4 is 4.90 Å². The molecule has 4 nitrogen and oxygen atoms in total. The molecule has 4 rings (SSSR count). The van der Waals surface area contributed by atoms with Crippen LogP contribution in [0.25, 0.3) is 5.57 Å². The molecule has 1 N–H and O–H groups in total. The van der Waals surface area contributed by atoms with Crippen LogP contribution in [0.15, 0.2) is 54.6 Å². The average molecular weight is 334 g/mol. The Labute approximate surface area is 148 Å². The molecule has 0 spiro atoms. The van der Waals surface area contributed by atoms with Crippen LogP contribution in [0.4, 0.5) is 5.69 Å². The summed E-state index contributed by atoms with van der Waals surface area (Å²) in [5, 5.41) is 9.40. The highest BCUT2D eigenvalue weighted by Gasteiger charge is 2.26. The highest BCUT2D eigenvalue weighted by Crippen LogP contribution is 2.28. The summed E-state index contributed by atoms with van der Waals surface area (Å²) in [6.07, 6.45) is 4.07. The Hall–Kier alpha value is -2.59. The summed E-state index contributed by atoms with van der Waals surface area (Å²) < 4.78 is 0. The van der Waals surface area contributed by atoms with Gasteiger partial charge in [0.25, 0.3) is 0 Å². The van der Waals surface area contributed by atoms with Gasteiger partial charge in [0, 0.05) is 25.3 Å². The van der Waals surface area contributed by atoms with Crippen LogP contribution in [0, 0.1) is 0 Å². The third-order valence-corrected chi connectivity index (χ3v) is 5.08. The number of hydrogen-bond donors (Lipinski definition) is 1. The van der Waals surface area contributed by atoms with Gasteiger partial charge in [0.15, 0.2) is 0 Å². The van der Waals surface area contributed by atoms with Gasteiger partial charge in [-0.1, -0.05) is 36.4 Å². The highest BCUT2D eigenvalue weighted by atomic mass is 16.3. The topological polar surface area (TPSA) is 43.8 Å². The summed E-state index contributed by atoms with van der Waals surface area (Å²) in [4.78, 5) is 16.8. The number of aromatic hydroxyl groups is 1. The summed E-state index contributed by atoms with van der Waals surface area (Å²) in [6, 6.07) is 15.5. The van der Waals surface area contributed by atoms with Crippen molar-refractivity contribution in [1.29, 1.82) is 0 Å². The van der Waals surface area contributed by atoms with E-state index in [0.717, 1.165) is 43.7 Å². The minimum Gasteiger partial charge on any atom is -0.508 e. The van der Waals surface area contributed by atoms with Crippen LogP contribution in [0.5, 0.6) is 5.75 Å². The van der Waals surface area contributed by atoms with E-state index < -0.39 is 0 Å². The largest absolute Gasteiger partial charge is 0.508 e. The fourth-order valence-corrected chi connectivity index (χ4v) is 3.67. The van der Waals surface area contributed by atoms with Crippen molar-refractivity contribution in [2.45, 2.75) is 12.8 Å². The number of amides is 1. The number of fused-ring (bicyclic) bond motifs is 1. The van der Waals surface area contributed by atoms with Crippen molar-refractivity contribution in [3.63, 3.8) is 0 Å². The van der Waals surface area contributed by atoms with E-state index >= 15 is 0 Å². The molecule has 1 amide bonds. The Morgan fingerprint density at radius 1 is 1.00 bits per heavy atom. The first-order valence-corrected chi connectivity index (χ1v) is 8.80. The van der Waals surface area contributed by atoms with Crippen LogP contribution >= 0.6 is 0 Å². The van der Waals surface area contributed by atoms with Crippen molar-refractivity contribution in [1.82, 2.24) is 4.90 Å². The quantitative estimate of drug-likeness (QED) is 0.938. The first-order valence-electron chi connectivity index (χ1n) is 8.80. The molecular weight excluding hydrogens is 312 g/mol. The van der Waals surface area contributed by atoms with E-state index in [-0.39, 0.29) is 5.91 Å². The monoisotopic (exact) mass is 334 g/mol. The Morgan fingerprint density at radius 2 is 1.80 bits per heavy atom. The van der Waals surface area contributed by atoms with Gasteiger partial charge in [-0.2, -0.15) is 0 Å². The van der Waals surface area contributed by atoms with Crippen LogP contribution in [0.1, 0.15) is 17.5 Å². The van der Waals surface area contributed by atoms with Crippen LogP contribution in [0.3, 0.4) is 0 Å². The summed E-state index contributed by atoms with van der Waals surface area (Å²) in [7, 11) is 0. The second kappa shape index (κ2) is 6.73. The van der Waals surface area contributed by atoms with Crippen molar-refractivity contribution in [3.05, 3.63) is 65.7 Å². The molecule has 0 radical (unpaired) electrons. The lowest BCUT2D eigenvalue weighted by Gasteiger charge is -2.28. The highest BCUT2D eigenvalue weighted by molar-refractivity contribution is 5.96. The number of rotatable bonds is 3. The predicted octanol–water partition coefficient (Wildman–Crippen LogP) is 3.07. The molecule has 0 unspecified atom stereocenters. The van der Waals surface area contributed by atoms with Crippen molar-refractivity contribution in [2.24, 2.45) is 0 Å². The molecule has 0 bridgehead atoms. The Morgan fingerprint density at radius 3 is 2.56 bits per heavy atom. The van der Waals surface area contributed by atoms with E-state index in [2.05, 4.69) is 17.0 Å². The normalized spacial score (nSPS) is 17.3. The summed E-state index contributed by atoms with van der Waals surface area (Å²) in [6.45, 7) is 2.93. The minimum absolute atomic E-state index is 0.187. The van der Waals surface area contributed by atoms with Crippen LogP contribution in [-0.4, -0.2) is 42.1 Å². The lowest BCUT2D eigenvalue weighted by molar-refractivity contribution is -0.119. The molecule has 0 saturated carbocycles. The molecule has 2 aliphatic rings. The lowest BCUT2D eigenvalue weighted by atomic mass is 9.99. The maximum absolute atomic E-state index is 12.7. The molecule has 25 heavy (non-hydrogen) atoms. The van der Waals surface area contributed by atoms with E-state index in [0.29, 0.717) is 12.3 Å². The predicted molar refractivity (Wildman–Crippen MR) is 99.6 cm³/mol. The number of nitrogens with zero attached hydrogens (tertiary/aromatic N) is 2. The number of anilines is 1. The molecule has 2 heterocycles. The molecule has 0 aliphatic carbocycles. The molecule has 0 atom stereocenters. The number of benzene rings is 2. The molecular formula is C21H22N2O2. The number of carbonyl (C=O) groups is 1. The number of para-hydroxylation sites is 1. The van der Waals surface area contributed by atoms with Gasteiger partial charge < -0.3 is 10.0 Å². The SMILES string of the molecule is O=C(CN1CC=C(c2ccc(O)cc2)CC1)N1CCc2ccccc21. The van der Waals surface area contributed by atoms with Gasteiger partial charge in [-0.05, 0) is 47.7 Å². The summed E-state index contributed by atoms with van der Waals surface area (Å²) in [5.41, 5.74) is 4.78. The summed E-state index contributed by atoms with van der Waals surface area (Å²) >= 11 is 0. The van der Waals surface area contributed by atoms with Gasteiger partial charge in [-0.25, -0.2) is 0 Å². The zero-order valence-electron chi connectivity index (χ0n) is 14.2. The molecule has 0 saturated heterocycles. The molecule has 4 heteroatoms. The van der Waals surface area contributed by atoms with E-state index in [1.807, 2.05) is 35.2 Å². The molecule has 128 valence electrons. The third kappa shape index (κ3) is 3.30. The van der Waals surface area contributed by atoms with Crippen molar-refractivity contribution < 1.29 is 9.90 Å². The lowest BCUT2D eigenvalue weighted by Crippen LogP contribution is -2.41. The fourth-order valence-electron chi connectivity index (χ4n) is 3.67. The minimum atomic E-state index is 0.187. The van der Waals surface area contributed by atoms with Gasteiger partial charge in [-0.15, -0.1) is 0 Å². The molecule has 2 aromatic rings. The Kier molecular flexibility index (Phi) is 4.28. The van der Waals surface area contributed by atoms with Gasteiger partial charge in [-0.3, -0.25) is 9.69 Å². The van der Waals surface area contributed by atoms with E-state index in [1.54, 1.807) is 12.1 Å². The van der Waals surface area contributed by atoms with Gasteiger partial charge in [0.1, 0.15) is 5.75 Å².